The van der Waals surface area contributed by atoms with E-state index in [1.54, 1.807) is 13.8 Å². The second-order valence-corrected chi connectivity index (χ2v) is 6.16. The van der Waals surface area contributed by atoms with Gasteiger partial charge in [-0.2, -0.15) is 0 Å². The van der Waals surface area contributed by atoms with Crippen molar-refractivity contribution < 1.29 is 53.8 Å². The zero-order chi connectivity index (χ0) is 17.6. The molecule has 0 aromatic rings. The number of Topliss-reactive ketones (excluding diaryl/α,β-unsaturated/α-hetero) is 1. The number of ketones is 1. The van der Waals surface area contributed by atoms with Crippen molar-refractivity contribution in [3.05, 3.63) is 24.0 Å². The first-order valence-electron chi connectivity index (χ1n) is 7.62. The summed E-state index contributed by atoms with van der Waals surface area (Å²) in [5.41, 5.74) is -0.538. The van der Waals surface area contributed by atoms with E-state index in [0.29, 0.717) is 12.8 Å². The fourth-order valence-electron chi connectivity index (χ4n) is 2.71. The zero-order valence-corrected chi connectivity index (χ0v) is 17.2. The van der Waals surface area contributed by atoms with Crippen LogP contribution in [-0.4, -0.2) is 31.2 Å². The monoisotopic (exact) mass is 345 g/mol. The van der Waals surface area contributed by atoms with Gasteiger partial charge < -0.3 is 14.7 Å². The van der Waals surface area contributed by atoms with Crippen molar-refractivity contribution in [3.63, 3.8) is 0 Å². The van der Waals surface area contributed by atoms with Gasteiger partial charge in [-0.1, -0.05) is 45.0 Å². The van der Waals surface area contributed by atoms with Gasteiger partial charge in [-0.05, 0) is 11.8 Å². The topological polar surface area (TPSA) is 88.0 Å². The van der Waals surface area contributed by atoms with E-state index in [1.165, 1.54) is 13.2 Å². The molecule has 1 aliphatic rings. The van der Waals surface area contributed by atoms with Crippen LogP contribution >= 0.6 is 0 Å². The molecule has 1 atom stereocenters. The number of allylic oxidation sites excluding steroid dienone is 1. The fraction of sp³-hybridized carbons (Fsp3) is 0.588. The molecule has 1 rings (SSSR count). The van der Waals surface area contributed by atoms with Crippen LogP contribution < -0.4 is 34.7 Å². The van der Waals surface area contributed by atoms with Gasteiger partial charge in [0.1, 0.15) is 6.61 Å². The second kappa shape index (κ2) is 10.0. The zero-order valence-electron chi connectivity index (χ0n) is 15.2. The Morgan fingerprint density at radius 2 is 2.12 bits per heavy atom. The van der Waals surface area contributed by atoms with Crippen molar-refractivity contribution in [1.82, 2.24) is 0 Å². The molecular formula is C17H24NNaO5. The number of rotatable bonds is 7. The Bertz CT molecular complexity index is 551. The summed E-state index contributed by atoms with van der Waals surface area (Å²) in [6.07, 6.45) is 2.70. The Morgan fingerprint density at radius 1 is 1.50 bits per heavy atom. The minimum atomic E-state index is -1.01. The predicted octanol–water partition coefficient (Wildman–Crippen LogP) is -1.25. The molecule has 1 unspecified atom stereocenters. The number of methoxy groups -OCH3 is 1. The Kier molecular flexibility index (Phi) is 9.55. The molecule has 0 spiro atoms. The fourth-order valence-corrected chi connectivity index (χ4v) is 2.71. The summed E-state index contributed by atoms with van der Waals surface area (Å²) in [5.74, 6) is -2.49. The molecule has 0 heterocycles. The van der Waals surface area contributed by atoms with Gasteiger partial charge in [-0.3, -0.25) is 9.59 Å². The number of esters is 1. The summed E-state index contributed by atoms with van der Waals surface area (Å²) in [4.78, 5) is 29.5. The van der Waals surface area contributed by atoms with E-state index in [1.807, 2.05) is 6.92 Å². The molecule has 0 aromatic carbocycles. The molecule has 0 saturated carbocycles. The van der Waals surface area contributed by atoms with Gasteiger partial charge in [0.15, 0.2) is 5.78 Å². The van der Waals surface area contributed by atoms with Crippen LogP contribution in [0.3, 0.4) is 0 Å². The van der Waals surface area contributed by atoms with Gasteiger partial charge in [0.05, 0.1) is 18.7 Å². The first kappa shape index (κ1) is 22.9. The van der Waals surface area contributed by atoms with Crippen LogP contribution in [0.4, 0.5) is 0 Å². The Labute approximate surface area is 165 Å². The number of carbonyl (C=O) groups is 2. The first-order valence-corrected chi connectivity index (χ1v) is 7.62. The second-order valence-electron chi connectivity index (χ2n) is 6.16. The SMILES string of the molecule is C=CCO/N=C(\CCC)C1=C([O-])C(C(=O)OC)C(C)(C)CC1=O.[Na+]. The normalized spacial score (nSPS) is 20.2. The average Bonchev–Trinajstić information content (AvgIpc) is 2.45. The third-order valence-electron chi connectivity index (χ3n) is 3.76. The summed E-state index contributed by atoms with van der Waals surface area (Å²) in [6.45, 7) is 9.03. The summed E-state index contributed by atoms with van der Waals surface area (Å²) in [7, 11) is 1.23. The van der Waals surface area contributed by atoms with Gasteiger partial charge in [0, 0.05) is 12.0 Å². The minimum Gasteiger partial charge on any atom is -0.874 e. The molecule has 128 valence electrons. The molecule has 0 N–H and O–H groups in total. The largest absolute Gasteiger partial charge is 1.00 e. The van der Waals surface area contributed by atoms with E-state index in [2.05, 4.69) is 11.7 Å². The first-order chi connectivity index (χ1) is 10.8. The summed E-state index contributed by atoms with van der Waals surface area (Å²) < 4.78 is 4.75. The number of ether oxygens (including phenoxy) is 1. The van der Waals surface area contributed by atoms with E-state index < -0.39 is 23.1 Å². The van der Waals surface area contributed by atoms with E-state index in [-0.39, 0.29) is 59.7 Å². The maximum atomic E-state index is 12.8. The molecule has 0 aliphatic heterocycles. The van der Waals surface area contributed by atoms with E-state index in [9.17, 15) is 14.7 Å². The van der Waals surface area contributed by atoms with Crippen molar-refractivity contribution in [2.24, 2.45) is 16.5 Å². The Hall–Kier alpha value is -1.11. The summed E-state index contributed by atoms with van der Waals surface area (Å²) in [5, 5.41) is 16.7. The van der Waals surface area contributed by atoms with Crippen molar-refractivity contribution in [2.75, 3.05) is 13.7 Å². The number of oxime groups is 1. The van der Waals surface area contributed by atoms with E-state index in [0.717, 1.165) is 0 Å². The van der Waals surface area contributed by atoms with Gasteiger partial charge in [-0.15, -0.1) is 5.76 Å². The number of nitrogens with zero attached hydrogens (tertiary/aromatic N) is 1. The molecule has 6 nitrogen and oxygen atoms in total. The van der Waals surface area contributed by atoms with Gasteiger partial charge in [0.25, 0.3) is 0 Å². The molecular weight excluding hydrogens is 321 g/mol. The van der Waals surface area contributed by atoms with Gasteiger partial charge >= 0.3 is 35.5 Å². The maximum absolute atomic E-state index is 12.8. The third-order valence-corrected chi connectivity index (χ3v) is 3.76. The van der Waals surface area contributed by atoms with E-state index in [4.69, 9.17) is 9.57 Å². The molecule has 0 saturated heterocycles. The average molecular weight is 345 g/mol. The van der Waals surface area contributed by atoms with Crippen molar-refractivity contribution in [2.45, 2.75) is 40.0 Å². The van der Waals surface area contributed by atoms with Crippen LogP contribution in [0, 0.1) is 11.3 Å². The van der Waals surface area contributed by atoms with Crippen molar-refractivity contribution in [3.8, 4) is 0 Å². The third kappa shape index (κ3) is 5.19. The van der Waals surface area contributed by atoms with Crippen LogP contribution in [0.1, 0.15) is 40.0 Å². The standard InChI is InChI=1S/C17H25NO5.Na/c1-6-8-11(18-23-9-7-2)13-12(19)10-17(3,4)14(15(13)20)16(21)22-5;/h7,14,20H,2,6,8-10H2,1,3-5H3;/q;+1/p-1/b18-11+;. The van der Waals surface area contributed by atoms with Gasteiger partial charge in [0.2, 0.25) is 0 Å². The summed E-state index contributed by atoms with van der Waals surface area (Å²) >= 11 is 0. The van der Waals surface area contributed by atoms with Crippen LogP contribution in [-0.2, 0) is 19.2 Å². The number of hydrogen-bond acceptors (Lipinski definition) is 6. The van der Waals surface area contributed by atoms with Crippen molar-refractivity contribution in [1.29, 1.82) is 0 Å². The molecule has 7 heteroatoms. The molecule has 1 aliphatic carbocycles. The molecule has 0 radical (unpaired) electrons. The summed E-state index contributed by atoms with van der Waals surface area (Å²) in [6, 6.07) is 0. The molecule has 24 heavy (non-hydrogen) atoms. The quantitative estimate of drug-likeness (QED) is 0.144. The number of carbonyl (C=O) groups excluding carboxylic acids is 2. The molecule has 0 aromatic heterocycles. The Balaban J connectivity index is 0.00000529. The maximum Gasteiger partial charge on any atom is 1.00 e. The van der Waals surface area contributed by atoms with Crippen LogP contribution in [0.25, 0.3) is 0 Å². The van der Waals surface area contributed by atoms with Crippen LogP contribution in [0.2, 0.25) is 0 Å². The van der Waals surface area contributed by atoms with Crippen LogP contribution in [0.5, 0.6) is 0 Å². The van der Waals surface area contributed by atoms with Gasteiger partial charge in [-0.25, -0.2) is 0 Å². The Morgan fingerprint density at radius 3 is 2.62 bits per heavy atom. The van der Waals surface area contributed by atoms with E-state index >= 15 is 0 Å². The smallest absolute Gasteiger partial charge is 0.874 e. The van der Waals surface area contributed by atoms with Crippen molar-refractivity contribution >= 4 is 17.5 Å². The number of hydrogen-bond donors (Lipinski definition) is 0. The van der Waals surface area contributed by atoms with Crippen LogP contribution in [0.15, 0.2) is 29.1 Å². The molecule has 0 bridgehead atoms. The molecule has 0 amide bonds. The minimum absolute atomic E-state index is 0. The predicted molar refractivity (Wildman–Crippen MR) is 84.4 cm³/mol. The molecule has 0 fully saturated rings.